The highest BCUT2D eigenvalue weighted by Crippen LogP contribution is 2.17. The first kappa shape index (κ1) is 11.5. The maximum Gasteiger partial charge on any atom is 0.307 e. The number of hydrogen-bond acceptors (Lipinski definition) is 2. The Morgan fingerprint density at radius 3 is 2.43 bits per heavy atom. The Morgan fingerprint density at radius 1 is 1.36 bits per heavy atom. The molecule has 0 aromatic carbocycles. The fraction of sp³-hybridized carbons (Fsp3) is 0.909. The molecule has 1 unspecified atom stereocenters. The molecule has 1 aliphatic carbocycles. The van der Waals surface area contributed by atoms with E-state index in [0.29, 0.717) is 12.6 Å². The maximum absolute atomic E-state index is 10.6. The van der Waals surface area contributed by atoms with E-state index < -0.39 is 5.97 Å². The van der Waals surface area contributed by atoms with Crippen molar-refractivity contribution >= 4 is 5.97 Å². The molecule has 14 heavy (non-hydrogen) atoms. The van der Waals surface area contributed by atoms with Gasteiger partial charge < -0.3 is 10.4 Å². The molecule has 0 aromatic heterocycles. The monoisotopic (exact) mass is 199 g/mol. The van der Waals surface area contributed by atoms with Crippen LogP contribution in [0.4, 0.5) is 0 Å². The molecule has 0 aliphatic heterocycles. The van der Waals surface area contributed by atoms with Crippen LogP contribution < -0.4 is 5.32 Å². The lowest BCUT2D eigenvalue weighted by Gasteiger charge is -2.17. The van der Waals surface area contributed by atoms with Gasteiger partial charge in [-0.25, -0.2) is 0 Å². The second kappa shape index (κ2) is 6.02. The summed E-state index contributed by atoms with van der Waals surface area (Å²) in [4.78, 5) is 10.6. The van der Waals surface area contributed by atoms with Crippen molar-refractivity contribution in [2.24, 2.45) is 5.92 Å². The van der Waals surface area contributed by atoms with Gasteiger partial charge in [-0.15, -0.1) is 0 Å². The molecular weight excluding hydrogens is 178 g/mol. The lowest BCUT2D eigenvalue weighted by molar-refractivity contribution is -0.141. The first-order valence-electron chi connectivity index (χ1n) is 5.66. The molecule has 3 nitrogen and oxygen atoms in total. The van der Waals surface area contributed by atoms with Crippen molar-refractivity contribution in [3.05, 3.63) is 0 Å². The third kappa shape index (κ3) is 4.09. The Hall–Kier alpha value is -0.570. The second-order valence-corrected chi connectivity index (χ2v) is 4.34. The summed E-state index contributed by atoms with van der Waals surface area (Å²) in [6.07, 6.45) is 7.69. The summed E-state index contributed by atoms with van der Waals surface area (Å²) < 4.78 is 0. The van der Waals surface area contributed by atoms with Gasteiger partial charge in [-0.05, 0) is 12.8 Å². The molecule has 1 aliphatic rings. The van der Waals surface area contributed by atoms with E-state index in [2.05, 4.69) is 5.32 Å². The number of aliphatic carboxylic acids is 1. The van der Waals surface area contributed by atoms with Crippen molar-refractivity contribution < 1.29 is 9.90 Å². The highest BCUT2D eigenvalue weighted by Gasteiger charge is 2.15. The topological polar surface area (TPSA) is 49.3 Å². The van der Waals surface area contributed by atoms with Crippen molar-refractivity contribution in [2.45, 2.75) is 51.5 Å². The fourth-order valence-corrected chi connectivity index (χ4v) is 1.91. The molecule has 0 saturated heterocycles. The highest BCUT2D eigenvalue weighted by atomic mass is 16.4. The highest BCUT2D eigenvalue weighted by molar-refractivity contribution is 5.69. The van der Waals surface area contributed by atoms with Gasteiger partial charge >= 0.3 is 5.97 Å². The van der Waals surface area contributed by atoms with Crippen LogP contribution in [-0.2, 0) is 4.79 Å². The van der Waals surface area contributed by atoms with Crippen molar-refractivity contribution in [2.75, 3.05) is 6.54 Å². The van der Waals surface area contributed by atoms with Gasteiger partial charge in [0.25, 0.3) is 0 Å². The molecule has 1 rings (SSSR count). The fourth-order valence-electron chi connectivity index (χ4n) is 1.91. The van der Waals surface area contributed by atoms with E-state index in [0.717, 1.165) is 0 Å². The van der Waals surface area contributed by atoms with Gasteiger partial charge in [-0.3, -0.25) is 4.79 Å². The van der Waals surface area contributed by atoms with E-state index in [1.165, 1.54) is 38.5 Å². The Kier molecular flexibility index (Phi) is 4.94. The van der Waals surface area contributed by atoms with E-state index in [9.17, 15) is 4.79 Å². The molecule has 1 fully saturated rings. The predicted molar refractivity (Wildman–Crippen MR) is 56.3 cm³/mol. The summed E-state index contributed by atoms with van der Waals surface area (Å²) in [7, 11) is 0. The average molecular weight is 199 g/mol. The van der Waals surface area contributed by atoms with Crippen molar-refractivity contribution in [3.8, 4) is 0 Å². The van der Waals surface area contributed by atoms with Gasteiger partial charge in [0.05, 0.1) is 5.92 Å². The van der Waals surface area contributed by atoms with Crippen molar-refractivity contribution in [1.29, 1.82) is 0 Å². The van der Waals surface area contributed by atoms with Gasteiger partial charge in [0.1, 0.15) is 0 Å². The largest absolute Gasteiger partial charge is 0.481 e. The minimum absolute atomic E-state index is 0.266. The number of hydrogen-bond donors (Lipinski definition) is 2. The Labute approximate surface area is 85.9 Å². The Bertz CT molecular complexity index is 174. The van der Waals surface area contributed by atoms with Crippen LogP contribution in [0.1, 0.15) is 45.4 Å². The van der Waals surface area contributed by atoms with E-state index in [1.807, 2.05) is 0 Å². The van der Waals surface area contributed by atoms with Crippen LogP contribution in [0.5, 0.6) is 0 Å². The lowest BCUT2D eigenvalue weighted by Crippen LogP contribution is -2.34. The summed E-state index contributed by atoms with van der Waals surface area (Å²) in [5, 5.41) is 12.1. The quantitative estimate of drug-likeness (QED) is 0.681. The minimum Gasteiger partial charge on any atom is -0.481 e. The molecule has 0 heterocycles. The third-order valence-electron chi connectivity index (χ3n) is 2.99. The molecule has 1 saturated carbocycles. The van der Waals surface area contributed by atoms with Gasteiger partial charge in [0, 0.05) is 12.6 Å². The van der Waals surface area contributed by atoms with E-state index in [-0.39, 0.29) is 5.92 Å². The van der Waals surface area contributed by atoms with E-state index >= 15 is 0 Å². The lowest BCUT2D eigenvalue weighted by atomic mass is 10.1. The zero-order valence-electron chi connectivity index (χ0n) is 8.96. The third-order valence-corrected chi connectivity index (χ3v) is 2.99. The second-order valence-electron chi connectivity index (χ2n) is 4.34. The molecule has 0 radical (unpaired) electrons. The van der Waals surface area contributed by atoms with Crippen molar-refractivity contribution in [1.82, 2.24) is 5.32 Å². The zero-order chi connectivity index (χ0) is 10.4. The van der Waals surface area contributed by atoms with Crippen LogP contribution in [0.15, 0.2) is 0 Å². The molecule has 2 N–H and O–H groups in total. The van der Waals surface area contributed by atoms with Gasteiger partial charge in [-0.2, -0.15) is 0 Å². The maximum atomic E-state index is 10.6. The first-order valence-corrected chi connectivity index (χ1v) is 5.66. The molecular formula is C11H21NO2. The van der Waals surface area contributed by atoms with Crippen LogP contribution >= 0.6 is 0 Å². The van der Waals surface area contributed by atoms with Crippen molar-refractivity contribution in [3.63, 3.8) is 0 Å². The number of carboxylic acid groups (broad SMARTS) is 1. The first-order chi connectivity index (χ1) is 6.70. The number of carbonyl (C=O) groups is 1. The molecule has 0 amide bonds. The van der Waals surface area contributed by atoms with Crippen LogP contribution in [0.25, 0.3) is 0 Å². The van der Waals surface area contributed by atoms with Crippen LogP contribution in [0, 0.1) is 5.92 Å². The molecule has 0 bridgehead atoms. The summed E-state index contributed by atoms with van der Waals surface area (Å²) in [6, 6.07) is 0.555. The predicted octanol–water partition coefficient (Wildman–Crippen LogP) is 2.02. The Morgan fingerprint density at radius 2 is 1.93 bits per heavy atom. The van der Waals surface area contributed by atoms with Crippen LogP contribution in [-0.4, -0.2) is 23.7 Å². The molecule has 82 valence electrons. The molecule has 1 atom stereocenters. The Balaban J connectivity index is 2.18. The summed E-state index contributed by atoms with van der Waals surface area (Å²) in [6.45, 7) is 2.37. The number of nitrogens with one attached hydrogen (secondary N) is 1. The SMILES string of the molecule is CC(CNC1CCCCCC1)C(=O)O. The van der Waals surface area contributed by atoms with E-state index in [1.54, 1.807) is 6.92 Å². The summed E-state index contributed by atoms with van der Waals surface area (Å²) >= 11 is 0. The molecule has 0 spiro atoms. The summed E-state index contributed by atoms with van der Waals surface area (Å²) in [5.41, 5.74) is 0. The molecule has 3 heteroatoms. The molecule has 0 aromatic rings. The zero-order valence-corrected chi connectivity index (χ0v) is 8.96. The van der Waals surface area contributed by atoms with Gasteiger partial charge in [-0.1, -0.05) is 32.6 Å². The normalized spacial score (nSPS) is 21.5. The average Bonchev–Trinajstić information content (AvgIpc) is 2.42. The standard InChI is InChI=1S/C11H21NO2/c1-9(11(13)14)8-12-10-6-4-2-3-5-7-10/h9-10,12H,2-8H2,1H3,(H,13,14). The smallest absolute Gasteiger partial charge is 0.307 e. The van der Waals surface area contributed by atoms with E-state index in [4.69, 9.17) is 5.11 Å². The van der Waals surface area contributed by atoms with Crippen LogP contribution in [0.2, 0.25) is 0 Å². The number of carboxylic acids is 1. The van der Waals surface area contributed by atoms with Gasteiger partial charge in [0.15, 0.2) is 0 Å². The minimum atomic E-state index is -0.703. The van der Waals surface area contributed by atoms with Gasteiger partial charge in [0.2, 0.25) is 0 Å². The number of rotatable bonds is 4. The summed E-state index contributed by atoms with van der Waals surface area (Å²) in [5.74, 6) is -0.968. The van der Waals surface area contributed by atoms with Crippen LogP contribution in [0.3, 0.4) is 0 Å².